The predicted octanol–water partition coefficient (Wildman–Crippen LogP) is 7.62. The second-order valence-corrected chi connectivity index (χ2v) is 14.8. The maximum atomic E-state index is 6.39. The third-order valence-electron chi connectivity index (χ3n) is 6.09. The summed E-state index contributed by atoms with van der Waals surface area (Å²) in [4.78, 5) is 1.36. The summed E-state index contributed by atoms with van der Waals surface area (Å²) in [6.45, 7) is 12.3. The molecule has 0 N–H and O–H groups in total. The van der Waals surface area contributed by atoms with Crippen LogP contribution in [0.25, 0.3) is 5.57 Å². The fourth-order valence-electron chi connectivity index (χ4n) is 3.22. The van der Waals surface area contributed by atoms with Crippen molar-refractivity contribution in [2.75, 3.05) is 0 Å². The van der Waals surface area contributed by atoms with Gasteiger partial charge in [-0.3, -0.25) is 0 Å². The van der Waals surface area contributed by atoms with Gasteiger partial charge in [-0.15, -0.1) is 11.3 Å². The van der Waals surface area contributed by atoms with Gasteiger partial charge in [0.2, 0.25) is 0 Å². The molecule has 140 valence electrons. The molecule has 1 nitrogen and oxygen atoms in total. The van der Waals surface area contributed by atoms with Gasteiger partial charge in [-0.1, -0.05) is 57.2 Å². The number of benzene rings is 1. The topological polar surface area (TPSA) is 9.23 Å². The number of hydrogen-bond donors (Lipinski definition) is 0. The summed E-state index contributed by atoms with van der Waals surface area (Å²) in [5, 5.41) is 2.59. The Morgan fingerprint density at radius 1 is 1.15 bits per heavy atom. The molecule has 0 fully saturated rings. The Hall–Kier alpha value is -1.16. The van der Waals surface area contributed by atoms with Crippen molar-refractivity contribution in [2.24, 2.45) is 0 Å². The maximum absolute atomic E-state index is 6.39. The molecule has 0 spiro atoms. The van der Waals surface area contributed by atoms with Crippen LogP contribution >= 0.6 is 11.3 Å². The van der Waals surface area contributed by atoms with Crippen molar-refractivity contribution in [1.29, 1.82) is 0 Å². The summed E-state index contributed by atoms with van der Waals surface area (Å²) in [7, 11) is -1.67. The van der Waals surface area contributed by atoms with Crippen LogP contribution in [-0.2, 0) is 11.0 Å². The van der Waals surface area contributed by atoms with Gasteiger partial charge < -0.3 is 4.43 Å². The van der Waals surface area contributed by atoms with Gasteiger partial charge in [0, 0.05) is 4.88 Å². The predicted molar refractivity (Wildman–Crippen MR) is 117 cm³/mol. The van der Waals surface area contributed by atoms with E-state index in [9.17, 15) is 0 Å². The Kier molecular flexibility index (Phi) is 5.90. The number of rotatable bonds is 5. The third-order valence-corrected chi connectivity index (χ3v) is 11.5. The first-order chi connectivity index (χ1) is 12.3. The van der Waals surface area contributed by atoms with Crippen LogP contribution in [0.15, 0.2) is 47.9 Å². The highest BCUT2D eigenvalue weighted by atomic mass is 32.1. The van der Waals surface area contributed by atoms with Crippen LogP contribution in [0.1, 0.15) is 62.0 Å². The molecule has 0 bridgehead atoms. The minimum absolute atomic E-state index is 0.269. The Morgan fingerprint density at radius 3 is 2.50 bits per heavy atom. The lowest BCUT2D eigenvalue weighted by Gasteiger charge is -2.36. The molecule has 1 aliphatic rings. The van der Waals surface area contributed by atoms with Gasteiger partial charge in [-0.05, 0) is 71.5 Å². The molecular weight excluding hydrogens is 352 g/mol. The first-order valence-corrected chi connectivity index (χ1v) is 13.5. The highest BCUT2D eigenvalue weighted by molar-refractivity contribution is 7.10. The van der Waals surface area contributed by atoms with Crippen molar-refractivity contribution < 1.29 is 4.43 Å². The molecule has 1 aromatic carbocycles. The van der Waals surface area contributed by atoms with E-state index in [0.29, 0.717) is 5.92 Å². The van der Waals surface area contributed by atoms with E-state index in [1.807, 2.05) is 11.3 Å². The molecule has 3 rings (SSSR count). The molecule has 3 heteroatoms. The lowest BCUT2D eigenvalue weighted by Crippen LogP contribution is -2.40. The van der Waals surface area contributed by atoms with Crippen LogP contribution in [-0.4, -0.2) is 8.32 Å². The summed E-state index contributed by atoms with van der Waals surface area (Å²) >= 11 is 1.85. The fraction of sp³-hybridized carbons (Fsp3) is 0.478. The molecular formula is C23H32OSSi. The minimum atomic E-state index is -1.67. The molecule has 1 aliphatic carbocycles. The van der Waals surface area contributed by atoms with Crippen LogP contribution in [0.4, 0.5) is 0 Å². The Morgan fingerprint density at radius 2 is 1.88 bits per heavy atom. The van der Waals surface area contributed by atoms with Gasteiger partial charge in [0.15, 0.2) is 8.32 Å². The van der Waals surface area contributed by atoms with Crippen LogP contribution < -0.4 is 0 Å². The van der Waals surface area contributed by atoms with Crippen molar-refractivity contribution >= 4 is 25.2 Å². The fourth-order valence-corrected chi connectivity index (χ4v) is 5.09. The van der Waals surface area contributed by atoms with Crippen LogP contribution in [0.2, 0.25) is 18.1 Å². The average Bonchev–Trinajstić information content (AvgIpc) is 3.09. The average molecular weight is 385 g/mol. The largest absolute Gasteiger partial charge is 0.412 e. The van der Waals surface area contributed by atoms with Crippen molar-refractivity contribution in [3.8, 4) is 0 Å². The molecule has 0 saturated heterocycles. The summed E-state index contributed by atoms with van der Waals surface area (Å²) in [5.41, 5.74) is 4.42. The lowest BCUT2D eigenvalue weighted by molar-refractivity contribution is 0.279. The molecule has 2 aromatic rings. The van der Waals surface area contributed by atoms with Crippen LogP contribution in [0, 0.1) is 0 Å². The molecule has 0 radical (unpaired) electrons. The molecule has 0 saturated carbocycles. The number of thiophene rings is 1. The van der Waals surface area contributed by atoms with Crippen molar-refractivity contribution in [1.82, 2.24) is 0 Å². The van der Waals surface area contributed by atoms with Crippen molar-refractivity contribution in [2.45, 2.75) is 70.7 Å². The Balaban J connectivity index is 1.61. The monoisotopic (exact) mass is 384 g/mol. The Labute approximate surface area is 164 Å². The number of hydrogen-bond acceptors (Lipinski definition) is 2. The zero-order chi connectivity index (χ0) is 18.8. The summed E-state index contributed by atoms with van der Waals surface area (Å²) in [5.74, 6) is 0.681. The summed E-state index contributed by atoms with van der Waals surface area (Å²) < 4.78 is 6.39. The molecule has 26 heavy (non-hydrogen) atoms. The standard InChI is InChI=1S/C23H32OSSi/c1-23(2,3)26(4,5)24-16-22-15-21(17-25-22)20-13-11-19(12-14-20)18-9-7-6-8-10-18/h6-10,13,15,17,19H,11-12,14,16H2,1-5H3. The molecule has 0 amide bonds. The van der Waals surface area contributed by atoms with Gasteiger partial charge in [0.05, 0.1) is 6.61 Å². The van der Waals surface area contributed by atoms with Crippen molar-refractivity contribution in [3.63, 3.8) is 0 Å². The zero-order valence-corrected chi connectivity index (χ0v) is 18.7. The van der Waals surface area contributed by atoms with E-state index in [0.717, 1.165) is 13.0 Å². The van der Waals surface area contributed by atoms with Gasteiger partial charge >= 0.3 is 0 Å². The van der Waals surface area contributed by atoms with Gasteiger partial charge in [-0.25, -0.2) is 0 Å². The van der Waals surface area contributed by atoms with Crippen LogP contribution in [0.3, 0.4) is 0 Å². The van der Waals surface area contributed by atoms with E-state index in [1.165, 1.54) is 34.4 Å². The van der Waals surface area contributed by atoms with Crippen molar-refractivity contribution in [3.05, 3.63) is 63.9 Å². The zero-order valence-electron chi connectivity index (χ0n) is 16.8. The van der Waals surface area contributed by atoms with E-state index in [-0.39, 0.29) is 5.04 Å². The molecule has 0 aliphatic heterocycles. The SMILES string of the molecule is CC(C)(C)[Si](C)(C)OCc1cc(C2=CCC(c3ccccc3)CC2)cs1. The van der Waals surface area contributed by atoms with E-state index >= 15 is 0 Å². The Bertz CT molecular complexity index is 752. The van der Waals surface area contributed by atoms with Gasteiger partial charge in [-0.2, -0.15) is 0 Å². The summed E-state index contributed by atoms with van der Waals surface area (Å²) in [6.07, 6.45) is 6.05. The smallest absolute Gasteiger partial charge is 0.192 e. The molecule has 1 atom stereocenters. The van der Waals surface area contributed by atoms with E-state index in [4.69, 9.17) is 4.43 Å². The normalized spacial score (nSPS) is 18.7. The maximum Gasteiger partial charge on any atom is 0.192 e. The first kappa shape index (κ1) is 19.6. The molecule has 1 unspecified atom stereocenters. The highest BCUT2D eigenvalue weighted by Gasteiger charge is 2.37. The summed E-state index contributed by atoms with van der Waals surface area (Å²) in [6, 6.07) is 13.3. The van der Waals surface area contributed by atoms with Crippen LogP contribution in [0.5, 0.6) is 0 Å². The minimum Gasteiger partial charge on any atom is -0.412 e. The second-order valence-electron chi connectivity index (χ2n) is 8.96. The third kappa shape index (κ3) is 4.57. The molecule has 1 heterocycles. The number of allylic oxidation sites excluding steroid dienone is 2. The van der Waals surface area contributed by atoms with E-state index in [2.05, 4.69) is 81.7 Å². The van der Waals surface area contributed by atoms with E-state index in [1.54, 1.807) is 0 Å². The highest BCUT2D eigenvalue weighted by Crippen LogP contribution is 2.39. The van der Waals surface area contributed by atoms with Gasteiger partial charge in [0.25, 0.3) is 0 Å². The van der Waals surface area contributed by atoms with Gasteiger partial charge in [0.1, 0.15) is 0 Å². The van der Waals surface area contributed by atoms with E-state index < -0.39 is 8.32 Å². The lowest BCUT2D eigenvalue weighted by atomic mass is 9.83. The quantitative estimate of drug-likeness (QED) is 0.482. The molecule has 1 aromatic heterocycles. The first-order valence-electron chi connectivity index (χ1n) is 9.72. The second kappa shape index (κ2) is 7.83.